The van der Waals surface area contributed by atoms with Gasteiger partial charge in [0.05, 0.1) is 12.1 Å². The third-order valence-electron chi connectivity index (χ3n) is 7.88. The first kappa shape index (κ1) is 39.8. The second kappa shape index (κ2) is 21.5. The van der Waals surface area contributed by atoms with Gasteiger partial charge in [-0.2, -0.15) is 0 Å². The second-order valence-corrected chi connectivity index (χ2v) is 12.7. The lowest BCUT2D eigenvalue weighted by atomic mass is 9.94. The Balaban J connectivity index is 2.13. The van der Waals surface area contributed by atoms with Crippen molar-refractivity contribution in [3.05, 3.63) is 71.8 Å². The lowest BCUT2D eigenvalue weighted by molar-refractivity contribution is -0.133. The SMILES string of the molecule is CCCCC(NC(=O)[C@@H](NC(=O)OCc1ccccc1)C(C)C)C(=O)C(CCCC)NC(=O)[C@@H](NC(=O)OCc1ccccc1)C(C)C. The van der Waals surface area contributed by atoms with E-state index in [9.17, 15) is 24.0 Å². The first-order valence-electron chi connectivity index (χ1n) is 17.1. The van der Waals surface area contributed by atoms with Crippen LogP contribution in [0.15, 0.2) is 60.7 Å². The number of amides is 4. The van der Waals surface area contributed by atoms with Crippen molar-refractivity contribution in [2.75, 3.05) is 0 Å². The number of hydrogen-bond acceptors (Lipinski definition) is 7. The van der Waals surface area contributed by atoms with Crippen molar-refractivity contribution in [3.8, 4) is 0 Å². The van der Waals surface area contributed by atoms with E-state index in [1.54, 1.807) is 27.7 Å². The zero-order valence-corrected chi connectivity index (χ0v) is 29.3. The number of ether oxygens (including phenoxy) is 2. The van der Waals surface area contributed by atoms with Gasteiger partial charge in [-0.1, -0.05) is 128 Å². The van der Waals surface area contributed by atoms with Gasteiger partial charge in [-0.3, -0.25) is 14.4 Å². The highest BCUT2D eigenvalue weighted by molar-refractivity contribution is 5.97. The first-order chi connectivity index (χ1) is 23.0. The van der Waals surface area contributed by atoms with Crippen LogP contribution in [0.1, 0.15) is 91.2 Å². The van der Waals surface area contributed by atoms with E-state index < -0.39 is 48.2 Å². The lowest BCUT2D eigenvalue weighted by Crippen LogP contribution is -2.58. The molecule has 0 saturated heterocycles. The lowest BCUT2D eigenvalue weighted by Gasteiger charge is -2.29. The van der Waals surface area contributed by atoms with Gasteiger partial charge in [-0.05, 0) is 35.8 Å². The third-order valence-corrected chi connectivity index (χ3v) is 7.88. The number of benzene rings is 2. The molecule has 0 bridgehead atoms. The largest absolute Gasteiger partial charge is 0.445 e. The average molecular weight is 667 g/mol. The number of carbonyl (C=O) groups is 5. The van der Waals surface area contributed by atoms with Crippen molar-refractivity contribution in [2.45, 2.75) is 117 Å². The van der Waals surface area contributed by atoms with Gasteiger partial charge in [0.2, 0.25) is 11.8 Å². The smallest absolute Gasteiger partial charge is 0.408 e. The van der Waals surface area contributed by atoms with Crippen LogP contribution < -0.4 is 21.3 Å². The van der Waals surface area contributed by atoms with Crippen molar-refractivity contribution in [1.82, 2.24) is 21.3 Å². The van der Waals surface area contributed by atoms with E-state index in [1.807, 2.05) is 74.5 Å². The van der Waals surface area contributed by atoms with Gasteiger partial charge >= 0.3 is 12.2 Å². The molecular weight excluding hydrogens is 612 g/mol. The van der Waals surface area contributed by atoms with Crippen LogP contribution in [-0.2, 0) is 37.1 Å². The highest BCUT2D eigenvalue weighted by Crippen LogP contribution is 2.13. The van der Waals surface area contributed by atoms with E-state index in [2.05, 4.69) is 21.3 Å². The van der Waals surface area contributed by atoms with Crippen LogP contribution in [0, 0.1) is 11.8 Å². The molecule has 0 heterocycles. The number of rotatable bonds is 20. The second-order valence-electron chi connectivity index (χ2n) is 12.7. The molecule has 4 amide bonds. The maximum atomic E-state index is 14.0. The Morgan fingerprint density at radius 2 is 0.917 bits per heavy atom. The minimum absolute atomic E-state index is 0.0481. The predicted molar refractivity (Wildman–Crippen MR) is 185 cm³/mol. The highest BCUT2D eigenvalue weighted by atomic mass is 16.6. The Hall–Kier alpha value is -4.41. The van der Waals surface area contributed by atoms with Crippen molar-refractivity contribution in [3.63, 3.8) is 0 Å². The van der Waals surface area contributed by atoms with E-state index in [-0.39, 0.29) is 30.8 Å². The number of ketones is 1. The summed E-state index contributed by atoms with van der Waals surface area (Å²) in [5.41, 5.74) is 1.62. The molecule has 48 heavy (non-hydrogen) atoms. The molecule has 4 atom stereocenters. The van der Waals surface area contributed by atoms with E-state index in [4.69, 9.17) is 9.47 Å². The number of unbranched alkanes of at least 4 members (excludes halogenated alkanes) is 2. The molecule has 0 radical (unpaired) electrons. The van der Waals surface area contributed by atoms with E-state index >= 15 is 0 Å². The van der Waals surface area contributed by atoms with Crippen LogP contribution in [0.2, 0.25) is 0 Å². The molecule has 0 fully saturated rings. The zero-order chi connectivity index (χ0) is 35.5. The summed E-state index contributed by atoms with van der Waals surface area (Å²) in [6.45, 7) is 11.2. The predicted octanol–water partition coefficient (Wildman–Crippen LogP) is 5.81. The fourth-order valence-electron chi connectivity index (χ4n) is 5.01. The first-order valence-corrected chi connectivity index (χ1v) is 17.1. The van der Waals surface area contributed by atoms with Crippen LogP contribution in [0.4, 0.5) is 9.59 Å². The Kier molecular flexibility index (Phi) is 17.8. The number of nitrogens with one attached hydrogen (secondary N) is 4. The van der Waals surface area contributed by atoms with Crippen molar-refractivity contribution < 1.29 is 33.4 Å². The molecule has 2 aromatic carbocycles. The van der Waals surface area contributed by atoms with Crippen molar-refractivity contribution >= 4 is 29.8 Å². The molecule has 0 aromatic heterocycles. The summed E-state index contributed by atoms with van der Waals surface area (Å²) in [6, 6.07) is 14.7. The molecular formula is C37H54N4O7. The van der Waals surface area contributed by atoms with Crippen LogP contribution in [0.25, 0.3) is 0 Å². The van der Waals surface area contributed by atoms with Crippen LogP contribution in [0.3, 0.4) is 0 Å². The zero-order valence-electron chi connectivity index (χ0n) is 29.3. The van der Waals surface area contributed by atoms with Gasteiger partial charge in [-0.25, -0.2) is 9.59 Å². The summed E-state index contributed by atoms with van der Waals surface area (Å²) in [4.78, 5) is 66.3. The molecule has 2 rings (SSSR count). The molecule has 0 aliphatic rings. The number of carbonyl (C=O) groups excluding carboxylic acids is 5. The summed E-state index contributed by atoms with van der Waals surface area (Å²) >= 11 is 0. The minimum atomic E-state index is -0.953. The van der Waals surface area contributed by atoms with Crippen LogP contribution >= 0.6 is 0 Å². The molecule has 2 aromatic rings. The summed E-state index contributed by atoms with van der Waals surface area (Å²) in [5.74, 6) is -1.96. The molecule has 11 nitrogen and oxygen atoms in total. The standard InChI is InChI=1S/C37H54N4O7/c1-7-9-21-29(38-34(43)31(25(3)4)40-36(45)47-23-27-17-13-11-14-18-27)33(42)30(22-10-8-2)39-35(44)32(26(5)6)41-37(46)48-24-28-19-15-12-16-20-28/h11-20,25-26,29-32H,7-10,21-24H2,1-6H3,(H,38,43)(H,39,44)(H,40,45)(H,41,46)/t29?,30?,31-,32-/m0/s1. The normalized spacial score (nSPS) is 13.5. The number of hydrogen-bond donors (Lipinski definition) is 4. The van der Waals surface area contributed by atoms with Crippen LogP contribution in [-0.4, -0.2) is 54.0 Å². The van der Waals surface area contributed by atoms with E-state index in [0.717, 1.165) is 24.0 Å². The number of Topliss-reactive ketones (excluding diaryl/α,β-unsaturated/α-hetero) is 1. The molecule has 0 aliphatic carbocycles. The average Bonchev–Trinajstić information content (AvgIpc) is 3.07. The van der Waals surface area contributed by atoms with Crippen molar-refractivity contribution in [1.29, 1.82) is 0 Å². The molecule has 0 saturated carbocycles. The highest BCUT2D eigenvalue weighted by Gasteiger charge is 2.34. The summed E-state index contributed by atoms with van der Waals surface area (Å²) in [5, 5.41) is 11.0. The summed E-state index contributed by atoms with van der Waals surface area (Å²) < 4.78 is 10.7. The fourth-order valence-corrected chi connectivity index (χ4v) is 5.01. The van der Waals surface area contributed by atoms with E-state index in [1.165, 1.54) is 0 Å². The molecule has 2 unspecified atom stereocenters. The topological polar surface area (TPSA) is 152 Å². The maximum Gasteiger partial charge on any atom is 0.408 e. The van der Waals surface area contributed by atoms with Crippen LogP contribution in [0.5, 0.6) is 0 Å². The van der Waals surface area contributed by atoms with E-state index in [0.29, 0.717) is 25.7 Å². The molecule has 264 valence electrons. The van der Waals surface area contributed by atoms with Gasteiger partial charge < -0.3 is 30.7 Å². The van der Waals surface area contributed by atoms with Gasteiger partial charge in [0.1, 0.15) is 25.3 Å². The summed E-state index contributed by atoms with van der Waals surface area (Å²) in [6.07, 6.45) is 2.13. The molecule has 0 spiro atoms. The Bertz CT molecular complexity index is 1190. The third kappa shape index (κ3) is 14.1. The Labute approximate surface area is 285 Å². The summed E-state index contributed by atoms with van der Waals surface area (Å²) in [7, 11) is 0. The molecule has 0 aliphatic heterocycles. The van der Waals surface area contributed by atoms with Crippen molar-refractivity contribution in [2.24, 2.45) is 11.8 Å². The minimum Gasteiger partial charge on any atom is -0.445 e. The Morgan fingerprint density at radius 3 is 1.23 bits per heavy atom. The van der Waals surface area contributed by atoms with Gasteiger partial charge in [-0.15, -0.1) is 0 Å². The monoisotopic (exact) mass is 666 g/mol. The molecule has 11 heteroatoms. The van der Waals surface area contributed by atoms with Gasteiger partial charge in [0.25, 0.3) is 0 Å². The maximum absolute atomic E-state index is 14.0. The quantitative estimate of drug-likeness (QED) is 0.139. The molecule has 4 N–H and O–H groups in total. The number of alkyl carbamates (subject to hydrolysis) is 2. The Morgan fingerprint density at radius 1 is 0.562 bits per heavy atom. The van der Waals surface area contributed by atoms with Gasteiger partial charge in [0.15, 0.2) is 5.78 Å². The van der Waals surface area contributed by atoms with Gasteiger partial charge in [0, 0.05) is 0 Å². The fraction of sp³-hybridized carbons (Fsp3) is 0.541.